The Morgan fingerprint density at radius 1 is 1.00 bits per heavy atom. The van der Waals surface area contributed by atoms with Gasteiger partial charge in [-0.1, -0.05) is 0 Å². The molecule has 0 fully saturated rings. The topological polar surface area (TPSA) is 178 Å². The van der Waals surface area contributed by atoms with Gasteiger partial charge < -0.3 is 35.1 Å². The van der Waals surface area contributed by atoms with Crippen LogP contribution in [0.5, 0.6) is 0 Å². The summed E-state index contributed by atoms with van der Waals surface area (Å²) < 4.78 is 0. The molecule has 0 amide bonds. The third kappa shape index (κ3) is 15.3. The maximum Gasteiger partial charge on any atom is 2.00 e. The molecule has 21 heavy (non-hydrogen) atoms. The molecule has 0 aromatic rings. The van der Waals surface area contributed by atoms with Crippen molar-refractivity contribution >= 4 is 61.6 Å². The van der Waals surface area contributed by atoms with Crippen molar-refractivity contribution in [2.45, 2.75) is 18.4 Å². The van der Waals surface area contributed by atoms with Crippen LogP contribution >= 0.6 is 0 Å². The van der Waals surface area contributed by atoms with E-state index in [0.29, 0.717) is 0 Å². The van der Waals surface area contributed by atoms with Crippen molar-refractivity contribution in [3.8, 4) is 0 Å². The fourth-order valence-corrected chi connectivity index (χ4v) is 0.962. The Morgan fingerprint density at radius 3 is 1.43 bits per heavy atom. The van der Waals surface area contributed by atoms with Gasteiger partial charge in [-0.3, -0.25) is 9.69 Å². The van der Waals surface area contributed by atoms with Crippen LogP contribution in [0, 0.1) is 0 Å². The van der Waals surface area contributed by atoms with Gasteiger partial charge in [0.25, 0.3) is 0 Å². The number of carbonyl (C=O) groups is 4. The zero-order chi connectivity index (χ0) is 16.5. The standard InChI is InChI=1S/C6H8O7.C4H9NO2.Ca/c7-3(8)1-6(13,5(11)12)2-4(9)10;1-5(2)3-4(6)7;/h13H,1-2H2,(H,7,8)(H,9,10)(H,11,12);3H2,1-2H3,(H,6,7);/q;;+2/p-2. The summed E-state index contributed by atoms with van der Waals surface area (Å²) in [5.41, 5.74) is -2.86. The monoisotopic (exact) mass is 333 g/mol. The Hall–Kier alpha value is -0.940. The minimum absolute atomic E-state index is 0. The average Bonchev–Trinajstić information content (AvgIpc) is 2.12. The Balaban J connectivity index is -0.000000347. The van der Waals surface area contributed by atoms with Gasteiger partial charge in [0.1, 0.15) is 0 Å². The molecule has 0 aliphatic rings. The molecular weight excluding hydrogens is 318 g/mol. The van der Waals surface area contributed by atoms with Crippen LogP contribution in [0.25, 0.3) is 0 Å². The number of hydrogen-bond donors (Lipinski definition) is 3. The first-order valence-corrected chi connectivity index (χ1v) is 5.12. The number of carboxylic acid groups (broad SMARTS) is 4. The van der Waals surface area contributed by atoms with Gasteiger partial charge in [0, 0.05) is 24.8 Å². The van der Waals surface area contributed by atoms with Crippen LogP contribution in [0.15, 0.2) is 0 Å². The summed E-state index contributed by atoms with van der Waals surface area (Å²) in [5.74, 6) is -6.44. The van der Waals surface area contributed by atoms with Crippen LogP contribution in [0.2, 0.25) is 0 Å². The number of carbonyl (C=O) groups excluding carboxylic acids is 2. The minimum Gasteiger partial charge on any atom is -0.550 e. The Morgan fingerprint density at radius 2 is 1.33 bits per heavy atom. The Bertz CT molecular complexity index is 367. The van der Waals surface area contributed by atoms with Crippen molar-refractivity contribution in [1.29, 1.82) is 0 Å². The molecule has 0 rings (SSSR count). The fraction of sp³-hybridized carbons (Fsp3) is 0.600. The van der Waals surface area contributed by atoms with E-state index in [1.807, 2.05) is 0 Å². The van der Waals surface area contributed by atoms with Crippen molar-refractivity contribution < 1.29 is 44.7 Å². The molecule has 0 radical (unpaired) electrons. The van der Waals surface area contributed by atoms with Gasteiger partial charge in [-0.25, -0.2) is 4.79 Å². The van der Waals surface area contributed by atoms with E-state index in [-0.39, 0.29) is 44.3 Å². The second-order valence-corrected chi connectivity index (χ2v) is 4.07. The summed E-state index contributed by atoms with van der Waals surface area (Å²) >= 11 is 0. The first-order valence-electron chi connectivity index (χ1n) is 5.12. The van der Waals surface area contributed by atoms with Crippen LogP contribution in [0.3, 0.4) is 0 Å². The molecule has 0 aliphatic heterocycles. The summed E-state index contributed by atoms with van der Waals surface area (Å²) in [6, 6.07) is 0. The summed E-state index contributed by atoms with van der Waals surface area (Å²) in [7, 11) is 3.43. The van der Waals surface area contributed by atoms with Crippen molar-refractivity contribution in [3.05, 3.63) is 0 Å². The number of aliphatic carboxylic acids is 4. The predicted octanol–water partition coefficient (Wildman–Crippen LogP) is -4.67. The molecule has 0 aromatic carbocycles. The largest absolute Gasteiger partial charge is 2.00 e. The van der Waals surface area contributed by atoms with Crippen molar-refractivity contribution in [1.82, 2.24) is 4.90 Å². The number of nitrogens with zero attached hydrogens (tertiary/aromatic N) is 1. The minimum atomic E-state index is -2.86. The molecule has 0 unspecified atom stereocenters. The summed E-state index contributed by atoms with van der Waals surface area (Å²) in [5, 5.41) is 45.2. The van der Waals surface area contributed by atoms with Gasteiger partial charge in [-0.15, -0.1) is 0 Å². The molecule has 0 spiro atoms. The molecule has 0 atom stereocenters. The van der Waals surface area contributed by atoms with Gasteiger partial charge in [0.05, 0.1) is 6.54 Å². The van der Waals surface area contributed by atoms with Gasteiger partial charge in [0.2, 0.25) is 0 Å². The predicted molar refractivity (Wildman–Crippen MR) is 63.8 cm³/mol. The maximum atomic E-state index is 10.3. The first kappa shape index (κ1) is 25.0. The van der Waals surface area contributed by atoms with Gasteiger partial charge in [-0.05, 0) is 14.1 Å². The van der Waals surface area contributed by atoms with E-state index in [0.717, 1.165) is 0 Å². The van der Waals surface area contributed by atoms with E-state index in [1.165, 1.54) is 0 Å². The fourth-order valence-electron chi connectivity index (χ4n) is 0.962. The second-order valence-electron chi connectivity index (χ2n) is 4.07. The van der Waals surface area contributed by atoms with Crippen LogP contribution < -0.4 is 10.2 Å². The average molecular weight is 333 g/mol. The van der Waals surface area contributed by atoms with E-state index >= 15 is 0 Å². The normalized spacial score (nSPS) is 9.90. The zero-order valence-electron chi connectivity index (χ0n) is 11.6. The molecule has 0 aromatic heterocycles. The van der Waals surface area contributed by atoms with Gasteiger partial charge in [-0.2, -0.15) is 0 Å². The molecule has 0 saturated carbocycles. The molecule has 0 saturated heterocycles. The van der Waals surface area contributed by atoms with Crippen molar-refractivity contribution in [2.24, 2.45) is 0 Å². The molecule has 0 heterocycles. The summed E-state index contributed by atoms with van der Waals surface area (Å²) in [6.45, 7) is 0.111. The molecule has 0 aliphatic carbocycles. The second kappa shape index (κ2) is 11.7. The van der Waals surface area contributed by atoms with E-state index < -0.39 is 42.3 Å². The van der Waals surface area contributed by atoms with Crippen LogP contribution in [0.4, 0.5) is 0 Å². The smallest absolute Gasteiger partial charge is 0.550 e. The van der Waals surface area contributed by atoms with Crippen LogP contribution in [-0.4, -0.2) is 108 Å². The van der Waals surface area contributed by atoms with Crippen molar-refractivity contribution in [3.63, 3.8) is 0 Å². The molecule has 0 bridgehead atoms. The van der Waals surface area contributed by atoms with Crippen LogP contribution in [-0.2, 0) is 19.2 Å². The molecule has 3 N–H and O–H groups in total. The summed E-state index contributed by atoms with van der Waals surface area (Å²) in [4.78, 5) is 41.5. The maximum absolute atomic E-state index is 10.3. The number of rotatable bonds is 7. The van der Waals surface area contributed by atoms with Gasteiger partial charge >= 0.3 is 49.7 Å². The van der Waals surface area contributed by atoms with E-state index in [1.54, 1.807) is 19.0 Å². The van der Waals surface area contributed by atoms with E-state index in [9.17, 15) is 29.4 Å². The first-order chi connectivity index (χ1) is 8.90. The number of aliphatic hydroxyl groups is 1. The molecular formula is C10H15CaNO9. The molecule has 11 heteroatoms. The third-order valence-corrected chi connectivity index (χ3v) is 1.72. The number of likely N-dealkylation sites (N-methyl/N-ethyl adjacent to an activating group) is 1. The summed E-state index contributed by atoms with van der Waals surface area (Å²) in [6.07, 6.45) is -2.59. The van der Waals surface area contributed by atoms with Gasteiger partial charge in [0.15, 0.2) is 5.60 Å². The molecule has 116 valence electrons. The van der Waals surface area contributed by atoms with Crippen molar-refractivity contribution in [2.75, 3.05) is 20.6 Å². The Kier molecular flexibility index (Phi) is 13.9. The SMILES string of the molecule is CN(C)CC(=O)O.O=C([O-])CC(O)(CC(=O)[O-])C(=O)O.[Ca+2]. The molecule has 10 nitrogen and oxygen atoms in total. The number of hydrogen-bond acceptors (Lipinski definition) is 8. The zero-order valence-corrected chi connectivity index (χ0v) is 13.8. The Labute approximate surface area is 150 Å². The number of carboxylic acids is 4. The third-order valence-electron chi connectivity index (χ3n) is 1.72. The van der Waals surface area contributed by atoms with E-state index in [2.05, 4.69) is 0 Å². The van der Waals surface area contributed by atoms with Crippen LogP contribution in [0.1, 0.15) is 12.8 Å². The van der Waals surface area contributed by atoms with E-state index in [4.69, 9.17) is 15.3 Å². The quantitative estimate of drug-likeness (QED) is 0.383.